The van der Waals surface area contributed by atoms with Crippen molar-refractivity contribution in [3.8, 4) is 12.3 Å². The number of carbonyl (C=O) groups is 2. The molecular formula is C12H10BrN3O5. The van der Waals surface area contributed by atoms with E-state index >= 15 is 0 Å². The Morgan fingerprint density at radius 3 is 2.71 bits per heavy atom. The van der Waals surface area contributed by atoms with Crippen LogP contribution in [0, 0.1) is 22.5 Å². The quantitative estimate of drug-likeness (QED) is 0.475. The van der Waals surface area contributed by atoms with Crippen molar-refractivity contribution in [2.75, 3.05) is 18.4 Å². The summed E-state index contributed by atoms with van der Waals surface area (Å²) in [7, 11) is 0. The smallest absolute Gasteiger partial charge is 0.323 e. The summed E-state index contributed by atoms with van der Waals surface area (Å²) in [6.45, 7) is -0.784. The number of terminal acetylenes is 1. The number of aliphatic carboxylic acids is 1. The first kappa shape index (κ1) is 16.5. The van der Waals surface area contributed by atoms with Gasteiger partial charge in [-0.3, -0.25) is 14.9 Å². The lowest BCUT2D eigenvalue weighted by molar-refractivity contribution is -0.384. The molecule has 0 aromatic heterocycles. The molecule has 1 aromatic rings. The lowest BCUT2D eigenvalue weighted by Crippen LogP contribution is -2.39. The van der Waals surface area contributed by atoms with Gasteiger partial charge in [-0.2, -0.15) is 0 Å². The third-order valence-electron chi connectivity index (χ3n) is 2.30. The van der Waals surface area contributed by atoms with Gasteiger partial charge < -0.3 is 15.3 Å². The van der Waals surface area contributed by atoms with E-state index in [1.54, 1.807) is 0 Å². The van der Waals surface area contributed by atoms with Gasteiger partial charge in [-0.15, -0.1) is 6.42 Å². The van der Waals surface area contributed by atoms with Crippen molar-refractivity contribution >= 4 is 39.3 Å². The Balaban J connectivity index is 2.95. The Hall–Kier alpha value is -2.60. The average Bonchev–Trinajstić information content (AvgIpc) is 2.40. The van der Waals surface area contributed by atoms with E-state index in [9.17, 15) is 19.7 Å². The highest BCUT2D eigenvalue weighted by Crippen LogP contribution is 2.27. The van der Waals surface area contributed by atoms with Crippen molar-refractivity contribution in [2.24, 2.45) is 0 Å². The van der Waals surface area contributed by atoms with Crippen LogP contribution >= 0.6 is 15.9 Å². The molecule has 0 saturated carbocycles. The molecule has 9 heteroatoms. The van der Waals surface area contributed by atoms with Crippen molar-refractivity contribution in [3.63, 3.8) is 0 Å². The van der Waals surface area contributed by atoms with Gasteiger partial charge >= 0.3 is 12.0 Å². The van der Waals surface area contributed by atoms with Gasteiger partial charge in [-0.25, -0.2) is 4.79 Å². The van der Waals surface area contributed by atoms with E-state index < -0.39 is 23.5 Å². The van der Waals surface area contributed by atoms with Crippen LogP contribution in [0.3, 0.4) is 0 Å². The van der Waals surface area contributed by atoms with Gasteiger partial charge in [0.1, 0.15) is 6.54 Å². The van der Waals surface area contributed by atoms with E-state index in [-0.39, 0.29) is 17.9 Å². The Labute approximate surface area is 128 Å². The number of nitrogens with zero attached hydrogens (tertiary/aromatic N) is 2. The first-order valence-electron chi connectivity index (χ1n) is 5.50. The van der Waals surface area contributed by atoms with Crippen molar-refractivity contribution in [3.05, 3.63) is 32.8 Å². The number of carboxylic acids is 1. The van der Waals surface area contributed by atoms with Crippen LogP contribution in [0.25, 0.3) is 0 Å². The summed E-state index contributed by atoms with van der Waals surface area (Å²) in [5.41, 5.74) is -0.0724. The van der Waals surface area contributed by atoms with Crippen LogP contribution in [-0.4, -0.2) is 40.0 Å². The number of carboxylic acid groups (broad SMARTS) is 1. The third kappa shape index (κ3) is 4.77. The maximum atomic E-state index is 11.9. The molecule has 2 amide bonds. The fourth-order valence-electron chi connectivity index (χ4n) is 1.39. The molecule has 1 rings (SSSR count). The maximum Gasteiger partial charge on any atom is 0.323 e. The molecule has 0 fully saturated rings. The molecule has 110 valence electrons. The van der Waals surface area contributed by atoms with Crippen molar-refractivity contribution in [1.82, 2.24) is 4.90 Å². The standard InChI is InChI=1S/C12H10BrN3O5/c1-2-5-15(7-11(17)18)12(19)14-10-6-8(16(20)21)3-4-9(10)13/h1,3-4,6H,5,7H2,(H,14,19)(H,17,18). The lowest BCUT2D eigenvalue weighted by Gasteiger charge is -2.19. The summed E-state index contributed by atoms with van der Waals surface area (Å²) in [6.07, 6.45) is 5.07. The van der Waals surface area contributed by atoms with Crippen LogP contribution in [0.15, 0.2) is 22.7 Å². The van der Waals surface area contributed by atoms with E-state index in [0.717, 1.165) is 11.0 Å². The molecule has 2 N–H and O–H groups in total. The number of hydrogen-bond acceptors (Lipinski definition) is 4. The van der Waals surface area contributed by atoms with Crippen molar-refractivity contribution < 1.29 is 19.6 Å². The summed E-state index contributed by atoms with van der Waals surface area (Å²) in [6, 6.07) is 3.04. The molecule has 8 nitrogen and oxygen atoms in total. The minimum absolute atomic E-state index is 0.140. The first-order chi connectivity index (χ1) is 9.85. The number of halogens is 1. The molecule has 1 aromatic carbocycles. The number of urea groups is 1. The van der Waals surface area contributed by atoms with Crippen molar-refractivity contribution in [2.45, 2.75) is 0 Å². The molecule has 0 aliphatic rings. The number of nitro groups is 1. The van der Waals surface area contributed by atoms with Crippen LogP contribution in [-0.2, 0) is 4.79 Å². The summed E-state index contributed by atoms with van der Waals surface area (Å²) in [4.78, 5) is 33.6. The highest BCUT2D eigenvalue weighted by atomic mass is 79.9. The molecule has 0 atom stereocenters. The molecular weight excluding hydrogens is 346 g/mol. The van der Waals surface area contributed by atoms with Crippen LogP contribution in [0.5, 0.6) is 0 Å². The molecule has 0 aliphatic heterocycles. The Kier molecular flexibility index (Phi) is 5.68. The van der Waals surface area contributed by atoms with E-state index in [1.165, 1.54) is 12.1 Å². The second kappa shape index (κ2) is 7.25. The zero-order valence-corrected chi connectivity index (χ0v) is 12.2. The molecule has 0 aliphatic carbocycles. The predicted molar refractivity (Wildman–Crippen MR) is 77.9 cm³/mol. The molecule has 0 saturated heterocycles. The van der Waals surface area contributed by atoms with E-state index in [1.807, 2.05) is 0 Å². The fourth-order valence-corrected chi connectivity index (χ4v) is 1.74. The molecule has 21 heavy (non-hydrogen) atoms. The molecule has 0 bridgehead atoms. The third-order valence-corrected chi connectivity index (χ3v) is 2.99. The Morgan fingerprint density at radius 2 is 2.19 bits per heavy atom. The number of hydrogen-bond donors (Lipinski definition) is 2. The van der Waals surface area contributed by atoms with Crippen LogP contribution in [0.1, 0.15) is 0 Å². The Morgan fingerprint density at radius 1 is 1.52 bits per heavy atom. The highest BCUT2D eigenvalue weighted by molar-refractivity contribution is 9.10. The Bertz CT molecular complexity index is 626. The van der Waals surface area contributed by atoms with Crippen LogP contribution in [0.2, 0.25) is 0 Å². The minimum atomic E-state index is -1.22. The number of benzene rings is 1. The molecule has 0 spiro atoms. The minimum Gasteiger partial charge on any atom is -0.480 e. The summed E-state index contributed by atoms with van der Waals surface area (Å²) >= 11 is 3.13. The summed E-state index contributed by atoms with van der Waals surface area (Å²) in [5, 5.41) is 21.8. The molecule has 0 heterocycles. The van der Waals surface area contributed by atoms with Crippen molar-refractivity contribution in [1.29, 1.82) is 0 Å². The summed E-state index contributed by atoms with van der Waals surface area (Å²) < 4.78 is 0.414. The van der Waals surface area contributed by atoms with E-state index in [2.05, 4.69) is 27.2 Å². The van der Waals surface area contributed by atoms with E-state index in [0.29, 0.717) is 4.47 Å². The SMILES string of the molecule is C#CCN(CC(=O)O)C(=O)Nc1cc([N+](=O)[O-])ccc1Br. The van der Waals surface area contributed by atoms with Crippen LogP contribution < -0.4 is 5.32 Å². The summed E-state index contributed by atoms with van der Waals surface area (Å²) in [5.74, 6) is 0.942. The van der Waals surface area contributed by atoms with Gasteiger partial charge in [0.2, 0.25) is 0 Å². The number of amides is 2. The number of non-ortho nitro benzene ring substituents is 1. The average molecular weight is 356 g/mol. The predicted octanol–water partition coefficient (Wildman–Crippen LogP) is 1.91. The number of rotatable bonds is 5. The van der Waals surface area contributed by atoms with Gasteiger partial charge in [0.15, 0.2) is 0 Å². The largest absolute Gasteiger partial charge is 0.480 e. The number of nitro benzene ring substituents is 1. The van der Waals surface area contributed by atoms with Crippen LogP contribution in [0.4, 0.5) is 16.2 Å². The monoisotopic (exact) mass is 355 g/mol. The molecule has 0 unspecified atom stereocenters. The van der Waals surface area contributed by atoms with Gasteiger partial charge in [-0.1, -0.05) is 5.92 Å². The number of anilines is 1. The van der Waals surface area contributed by atoms with Gasteiger partial charge in [-0.05, 0) is 22.0 Å². The zero-order chi connectivity index (χ0) is 16.0. The second-order valence-corrected chi connectivity index (χ2v) is 4.66. The lowest BCUT2D eigenvalue weighted by atomic mass is 10.3. The highest BCUT2D eigenvalue weighted by Gasteiger charge is 2.18. The van der Waals surface area contributed by atoms with Gasteiger partial charge in [0, 0.05) is 16.6 Å². The second-order valence-electron chi connectivity index (χ2n) is 3.81. The molecule has 0 radical (unpaired) electrons. The number of nitrogens with one attached hydrogen (secondary N) is 1. The topological polar surface area (TPSA) is 113 Å². The maximum absolute atomic E-state index is 11.9. The number of carbonyl (C=O) groups excluding carboxylic acids is 1. The first-order valence-corrected chi connectivity index (χ1v) is 6.29. The van der Waals surface area contributed by atoms with E-state index in [4.69, 9.17) is 11.5 Å². The van der Waals surface area contributed by atoms with Gasteiger partial charge in [0.05, 0.1) is 17.2 Å². The normalized spacial score (nSPS) is 9.52. The fraction of sp³-hybridized carbons (Fsp3) is 0.167. The van der Waals surface area contributed by atoms with Gasteiger partial charge in [0.25, 0.3) is 5.69 Å². The zero-order valence-electron chi connectivity index (χ0n) is 10.6.